The molecule has 1 atom stereocenters. The third-order valence-corrected chi connectivity index (χ3v) is 5.88. The summed E-state index contributed by atoms with van der Waals surface area (Å²) in [6.45, 7) is 3.61. The van der Waals surface area contributed by atoms with E-state index in [4.69, 9.17) is 11.6 Å². The van der Waals surface area contributed by atoms with Crippen LogP contribution in [-0.4, -0.2) is 52.9 Å². The number of benzene rings is 1. The number of amides is 3. The molecular weight excluding hydrogens is 384 g/mol. The smallest absolute Gasteiger partial charge is 0.317 e. The molecule has 2 heterocycles. The van der Waals surface area contributed by atoms with Gasteiger partial charge in [0.05, 0.1) is 11.6 Å². The van der Waals surface area contributed by atoms with Gasteiger partial charge in [-0.1, -0.05) is 23.7 Å². The average molecular weight is 407 g/mol. The second-order valence-electron chi connectivity index (χ2n) is 6.77. The highest BCUT2D eigenvalue weighted by Gasteiger charge is 2.29. The van der Waals surface area contributed by atoms with E-state index in [9.17, 15) is 9.59 Å². The fourth-order valence-corrected chi connectivity index (χ4v) is 3.86. The summed E-state index contributed by atoms with van der Waals surface area (Å²) in [7, 11) is 1.78. The first-order valence-electron chi connectivity index (χ1n) is 8.89. The molecule has 144 valence electrons. The van der Waals surface area contributed by atoms with Gasteiger partial charge in [-0.05, 0) is 37.0 Å². The molecule has 1 saturated heterocycles. The molecule has 1 aliphatic heterocycles. The molecule has 0 aliphatic carbocycles. The molecular formula is C19H23ClN4O2S. The normalized spacial score (nSPS) is 16.9. The minimum Gasteiger partial charge on any atom is -0.335 e. The maximum atomic E-state index is 12.5. The summed E-state index contributed by atoms with van der Waals surface area (Å²) in [5.74, 6) is -0.0635. The zero-order valence-electron chi connectivity index (χ0n) is 15.4. The zero-order valence-corrected chi connectivity index (χ0v) is 17.0. The molecule has 0 unspecified atom stereocenters. The van der Waals surface area contributed by atoms with Crippen molar-refractivity contribution in [1.82, 2.24) is 20.1 Å². The topological polar surface area (TPSA) is 65.5 Å². The minimum atomic E-state index is -0.143. The fourth-order valence-electron chi connectivity index (χ4n) is 3.22. The molecule has 0 saturated carbocycles. The van der Waals surface area contributed by atoms with Gasteiger partial charge in [0, 0.05) is 37.1 Å². The number of likely N-dealkylation sites (N-methyl/N-ethyl adjacent to an activating group) is 1. The van der Waals surface area contributed by atoms with Gasteiger partial charge in [0.15, 0.2) is 0 Å². The van der Waals surface area contributed by atoms with E-state index in [1.807, 2.05) is 25.1 Å². The number of thiazole rings is 1. The van der Waals surface area contributed by atoms with Crippen LogP contribution in [0.4, 0.5) is 4.79 Å². The summed E-state index contributed by atoms with van der Waals surface area (Å²) in [4.78, 5) is 32.6. The molecule has 2 aromatic rings. The lowest BCUT2D eigenvalue weighted by molar-refractivity contribution is 0.0631. The van der Waals surface area contributed by atoms with Gasteiger partial charge in [0.1, 0.15) is 5.69 Å². The van der Waals surface area contributed by atoms with Gasteiger partial charge in [-0.3, -0.25) is 4.79 Å². The molecule has 0 radical (unpaired) electrons. The summed E-state index contributed by atoms with van der Waals surface area (Å²) in [6.07, 6.45) is 1.75. The van der Waals surface area contributed by atoms with Crippen molar-refractivity contribution in [2.45, 2.75) is 32.4 Å². The van der Waals surface area contributed by atoms with E-state index in [2.05, 4.69) is 10.3 Å². The number of hydrogen-bond donors (Lipinski definition) is 1. The van der Waals surface area contributed by atoms with Crippen molar-refractivity contribution in [3.05, 3.63) is 50.9 Å². The second-order valence-corrected chi connectivity index (χ2v) is 7.90. The molecule has 1 fully saturated rings. The van der Waals surface area contributed by atoms with Crippen molar-refractivity contribution in [2.24, 2.45) is 0 Å². The summed E-state index contributed by atoms with van der Waals surface area (Å²) in [5, 5.41) is 5.42. The van der Waals surface area contributed by atoms with E-state index in [1.165, 1.54) is 11.3 Å². The van der Waals surface area contributed by atoms with Crippen LogP contribution in [0.3, 0.4) is 0 Å². The van der Waals surface area contributed by atoms with Crippen LogP contribution in [0.15, 0.2) is 29.1 Å². The molecule has 0 spiro atoms. The van der Waals surface area contributed by atoms with Crippen LogP contribution in [0.1, 0.15) is 34.5 Å². The lowest BCUT2D eigenvalue weighted by Gasteiger charge is -2.37. The van der Waals surface area contributed by atoms with Crippen LogP contribution in [-0.2, 0) is 6.54 Å². The Morgan fingerprint density at radius 1 is 1.44 bits per heavy atom. The number of aromatic nitrogens is 1. The highest BCUT2D eigenvalue weighted by atomic mass is 35.5. The summed E-state index contributed by atoms with van der Waals surface area (Å²) < 4.78 is 0. The first kappa shape index (κ1) is 19.6. The SMILES string of the molecule is Cc1cc(CNC(=O)N(C)[C@@H]2CCCN(C(=O)c3cscn3)C2)ccc1Cl. The molecule has 8 heteroatoms. The largest absolute Gasteiger partial charge is 0.335 e. The first-order chi connectivity index (χ1) is 13.0. The van der Waals surface area contributed by atoms with Gasteiger partial charge in [0.2, 0.25) is 0 Å². The van der Waals surface area contributed by atoms with Crippen LogP contribution in [0.2, 0.25) is 5.02 Å². The lowest BCUT2D eigenvalue weighted by atomic mass is 10.0. The van der Waals surface area contributed by atoms with E-state index in [0.29, 0.717) is 30.4 Å². The summed E-state index contributed by atoms with van der Waals surface area (Å²) >= 11 is 7.45. The third kappa shape index (κ3) is 4.78. The molecule has 1 aliphatic rings. The monoisotopic (exact) mass is 406 g/mol. The van der Waals surface area contributed by atoms with Crippen LogP contribution < -0.4 is 5.32 Å². The number of carbonyl (C=O) groups excluding carboxylic acids is 2. The van der Waals surface area contributed by atoms with Crippen LogP contribution >= 0.6 is 22.9 Å². The van der Waals surface area contributed by atoms with E-state index in [-0.39, 0.29) is 18.0 Å². The Kier molecular flexibility index (Phi) is 6.34. The number of rotatable bonds is 4. The highest BCUT2D eigenvalue weighted by molar-refractivity contribution is 7.07. The number of urea groups is 1. The van der Waals surface area contributed by atoms with E-state index < -0.39 is 0 Å². The Morgan fingerprint density at radius 2 is 2.26 bits per heavy atom. The quantitative estimate of drug-likeness (QED) is 0.844. The number of piperidine rings is 1. The molecule has 0 bridgehead atoms. The lowest BCUT2D eigenvalue weighted by Crippen LogP contribution is -2.52. The van der Waals surface area contributed by atoms with E-state index in [0.717, 1.165) is 24.0 Å². The number of aryl methyl sites for hydroxylation is 1. The predicted molar refractivity (Wildman–Crippen MR) is 107 cm³/mol. The van der Waals surface area contributed by atoms with Crippen LogP contribution in [0.5, 0.6) is 0 Å². The summed E-state index contributed by atoms with van der Waals surface area (Å²) in [6, 6.07) is 5.57. The van der Waals surface area contributed by atoms with Gasteiger partial charge in [-0.25, -0.2) is 9.78 Å². The van der Waals surface area contributed by atoms with Crippen molar-refractivity contribution in [1.29, 1.82) is 0 Å². The van der Waals surface area contributed by atoms with Crippen molar-refractivity contribution < 1.29 is 9.59 Å². The number of hydrogen-bond acceptors (Lipinski definition) is 4. The second kappa shape index (κ2) is 8.71. The Labute approximate surface area is 168 Å². The molecule has 6 nitrogen and oxygen atoms in total. The van der Waals surface area contributed by atoms with Gasteiger partial charge < -0.3 is 15.1 Å². The molecule has 3 rings (SSSR count). The van der Waals surface area contributed by atoms with E-state index in [1.54, 1.807) is 27.7 Å². The van der Waals surface area contributed by atoms with Crippen molar-refractivity contribution in [2.75, 3.05) is 20.1 Å². The molecule has 3 amide bonds. The minimum absolute atomic E-state index is 0.00621. The molecule has 1 aromatic carbocycles. The van der Waals surface area contributed by atoms with Crippen molar-refractivity contribution in [3.63, 3.8) is 0 Å². The van der Waals surface area contributed by atoms with Gasteiger partial charge in [-0.2, -0.15) is 0 Å². The molecule has 27 heavy (non-hydrogen) atoms. The number of carbonyl (C=O) groups is 2. The average Bonchev–Trinajstić information content (AvgIpc) is 3.22. The van der Waals surface area contributed by atoms with Crippen molar-refractivity contribution >= 4 is 34.9 Å². The number of nitrogens with one attached hydrogen (secondary N) is 1. The third-order valence-electron chi connectivity index (χ3n) is 4.87. The Hall–Kier alpha value is -2.12. The standard InChI is InChI=1S/C19H23ClN4O2S/c1-13-8-14(5-6-16(13)20)9-21-19(26)23(2)15-4-3-7-24(10-15)18(25)17-11-27-12-22-17/h5-6,8,11-12,15H,3-4,7,9-10H2,1-2H3,(H,21,26)/t15-/m1/s1. The van der Waals surface area contributed by atoms with Gasteiger partial charge in [0.25, 0.3) is 5.91 Å². The Morgan fingerprint density at radius 3 is 2.96 bits per heavy atom. The Bertz CT molecular complexity index is 812. The van der Waals surface area contributed by atoms with Gasteiger partial charge in [-0.15, -0.1) is 11.3 Å². The Balaban J connectivity index is 1.55. The fraction of sp³-hybridized carbons (Fsp3) is 0.421. The van der Waals surface area contributed by atoms with Crippen LogP contribution in [0.25, 0.3) is 0 Å². The first-order valence-corrected chi connectivity index (χ1v) is 10.2. The number of nitrogens with zero attached hydrogens (tertiary/aromatic N) is 3. The predicted octanol–water partition coefficient (Wildman–Crippen LogP) is 3.55. The highest BCUT2D eigenvalue weighted by Crippen LogP contribution is 2.18. The van der Waals surface area contributed by atoms with Crippen LogP contribution in [0, 0.1) is 6.92 Å². The zero-order chi connectivity index (χ0) is 19.4. The van der Waals surface area contributed by atoms with Crippen molar-refractivity contribution in [3.8, 4) is 0 Å². The molecule has 1 aromatic heterocycles. The summed E-state index contributed by atoms with van der Waals surface area (Å²) in [5.41, 5.74) is 4.13. The number of likely N-dealkylation sites (tertiary alicyclic amines) is 1. The molecule has 1 N–H and O–H groups in total. The van der Waals surface area contributed by atoms with Gasteiger partial charge >= 0.3 is 6.03 Å². The van der Waals surface area contributed by atoms with E-state index >= 15 is 0 Å². The number of halogens is 1. The maximum absolute atomic E-state index is 12.5. The maximum Gasteiger partial charge on any atom is 0.317 e.